The second-order valence-corrected chi connectivity index (χ2v) is 6.31. The molecule has 3 rings (SSSR count). The molecule has 1 aromatic carbocycles. The number of likely N-dealkylation sites (tertiary alicyclic amines) is 1. The first-order chi connectivity index (χ1) is 11.2. The largest absolute Gasteiger partial charge is 0.488 e. The molecule has 0 bridgehead atoms. The number of hydrogen-bond donors (Lipinski definition) is 1. The molecule has 1 aromatic rings. The van der Waals surface area contributed by atoms with Gasteiger partial charge in [-0.25, -0.2) is 8.78 Å². The van der Waals surface area contributed by atoms with Crippen LogP contribution in [0.1, 0.15) is 12.0 Å². The van der Waals surface area contributed by atoms with E-state index in [1.54, 1.807) is 12.1 Å². The van der Waals surface area contributed by atoms with Crippen molar-refractivity contribution >= 4 is 0 Å². The Hall–Kier alpha value is -1.24. The maximum absolute atomic E-state index is 12.1. The Morgan fingerprint density at radius 3 is 2.57 bits per heavy atom. The Bertz CT molecular complexity index is 477. The molecule has 1 atom stereocenters. The van der Waals surface area contributed by atoms with Gasteiger partial charge in [-0.05, 0) is 24.1 Å². The van der Waals surface area contributed by atoms with Crippen LogP contribution in [0.5, 0.6) is 5.75 Å². The van der Waals surface area contributed by atoms with E-state index >= 15 is 0 Å². The number of ether oxygens (including phenoxy) is 1. The molecule has 0 radical (unpaired) electrons. The lowest BCUT2D eigenvalue weighted by atomic mass is 10.2. The first kappa shape index (κ1) is 16.6. The molecule has 2 aliphatic heterocycles. The Morgan fingerprint density at radius 2 is 1.87 bits per heavy atom. The fourth-order valence-electron chi connectivity index (χ4n) is 3.41. The number of piperazine rings is 1. The summed E-state index contributed by atoms with van der Waals surface area (Å²) in [6.07, 6.45) is -1.20. The van der Waals surface area contributed by atoms with Crippen molar-refractivity contribution in [3.05, 3.63) is 29.8 Å². The molecule has 2 heterocycles. The van der Waals surface area contributed by atoms with E-state index in [1.165, 1.54) is 12.0 Å². The van der Waals surface area contributed by atoms with Gasteiger partial charge < -0.3 is 10.1 Å². The van der Waals surface area contributed by atoms with Gasteiger partial charge >= 0.3 is 0 Å². The van der Waals surface area contributed by atoms with Crippen LogP contribution >= 0.6 is 0 Å². The fourth-order valence-corrected chi connectivity index (χ4v) is 3.41. The molecule has 2 saturated heterocycles. The molecule has 0 saturated carbocycles. The lowest BCUT2D eigenvalue weighted by Gasteiger charge is -2.32. The van der Waals surface area contributed by atoms with Gasteiger partial charge in [0.2, 0.25) is 0 Å². The number of nitrogens with zero attached hydrogens (tertiary/aromatic N) is 2. The number of nitrogens with one attached hydrogen (secondary N) is 1. The fraction of sp³-hybridized carbons (Fsp3) is 0.647. The highest BCUT2D eigenvalue weighted by atomic mass is 19.3. The molecule has 4 nitrogen and oxygen atoms in total. The van der Waals surface area contributed by atoms with E-state index in [0.717, 1.165) is 45.8 Å². The average molecular weight is 325 g/mol. The summed E-state index contributed by atoms with van der Waals surface area (Å²) in [6, 6.07) is 8.17. The number of hydrogen-bond acceptors (Lipinski definition) is 4. The van der Waals surface area contributed by atoms with Crippen LogP contribution in [0.2, 0.25) is 0 Å². The summed E-state index contributed by atoms with van der Waals surface area (Å²) in [5.41, 5.74) is 1.20. The first-order valence-corrected chi connectivity index (χ1v) is 8.38. The van der Waals surface area contributed by atoms with Gasteiger partial charge in [-0.1, -0.05) is 12.1 Å². The molecule has 128 valence electrons. The highest BCUT2D eigenvalue weighted by Crippen LogP contribution is 2.20. The highest BCUT2D eigenvalue weighted by Gasteiger charge is 2.28. The average Bonchev–Trinajstić information content (AvgIpc) is 3.03. The molecule has 23 heavy (non-hydrogen) atoms. The zero-order chi connectivity index (χ0) is 16.1. The van der Waals surface area contributed by atoms with E-state index in [2.05, 4.69) is 15.1 Å². The first-order valence-electron chi connectivity index (χ1n) is 8.38. The van der Waals surface area contributed by atoms with Crippen LogP contribution in [0, 0.1) is 0 Å². The van der Waals surface area contributed by atoms with Gasteiger partial charge in [0, 0.05) is 51.9 Å². The number of rotatable bonds is 6. The van der Waals surface area contributed by atoms with Crippen LogP contribution in [0.3, 0.4) is 0 Å². The monoisotopic (exact) mass is 325 g/mol. The van der Waals surface area contributed by atoms with Crippen molar-refractivity contribution in [1.29, 1.82) is 0 Å². The number of alkyl halides is 2. The molecule has 2 fully saturated rings. The van der Waals surface area contributed by atoms with Crippen molar-refractivity contribution < 1.29 is 13.5 Å². The van der Waals surface area contributed by atoms with E-state index in [9.17, 15) is 8.78 Å². The number of halogens is 2. The molecule has 0 aromatic heterocycles. The smallest absolute Gasteiger partial charge is 0.272 e. The van der Waals surface area contributed by atoms with Gasteiger partial charge in [-0.3, -0.25) is 9.80 Å². The normalized spacial score (nSPS) is 23.5. The molecule has 2 aliphatic rings. The summed E-state index contributed by atoms with van der Waals surface area (Å²) in [5.74, 6) is 0.508. The van der Waals surface area contributed by atoms with Gasteiger partial charge in [0.1, 0.15) is 12.4 Å². The highest BCUT2D eigenvalue weighted by molar-refractivity contribution is 5.27. The SMILES string of the molecule is FC(F)COc1ccc(CN2CCC(N3CCNCC3)C2)cc1. The third-order valence-corrected chi connectivity index (χ3v) is 4.62. The van der Waals surface area contributed by atoms with Gasteiger partial charge in [-0.2, -0.15) is 0 Å². The third-order valence-electron chi connectivity index (χ3n) is 4.62. The predicted molar refractivity (Wildman–Crippen MR) is 86.1 cm³/mol. The van der Waals surface area contributed by atoms with Crippen molar-refractivity contribution in [2.75, 3.05) is 45.9 Å². The minimum absolute atomic E-state index is 0.508. The van der Waals surface area contributed by atoms with Crippen molar-refractivity contribution in [1.82, 2.24) is 15.1 Å². The quantitative estimate of drug-likeness (QED) is 0.863. The minimum Gasteiger partial charge on any atom is -0.488 e. The maximum atomic E-state index is 12.1. The van der Waals surface area contributed by atoms with Crippen LogP contribution in [0.4, 0.5) is 8.78 Å². The molecule has 0 amide bonds. The number of benzene rings is 1. The summed E-state index contributed by atoms with van der Waals surface area (Å²) < 4.78 is 29.3. The molecule has 0 aliphatic carbocycles. The van der Waals surface area contributed by atoms with Gasteiger partial charge in [0.05, 0.1) is 0 Å². The predicted octanol–water partition coefficient (Wildman–Crippen LogP) is 1.81. The second-order valence-electron chi connectivity index (χ2n) is 6.31. The van der Waals surface area contributed by atoms with E-state index in [0.29, 0.717) is 11.8 Å². The Kier molecular flexibility index (Phi) is 5.80. The third kappa shape index (κ3) is 4.86. The second kappa shape index (κ2) is 8.04. The lowest BCUT2D eigenvalue weighted by Crippen LogP contribution is -2.49. The van der Waals surface area contributed by atoms with Crippen LogP contribution < -0.4 is 10.1 Å². The molecule has 1 unspecified atom stereocenters. The van der Waals surface area contributed by atoms with E-state index in [1.807, 2.05) is 12.1 Å². The van der Waals surface area contributed by atoms with Gasteiger partial charge in [0.15, 0.2) is 0 Å². The molecule has 1 N–H and O–H groups in total. The van der Waals surface area contributed by atoms with Crippen molar-refractivity contribution in [2.45, 2.75) is 25.4 Å². The molecule has 6 heteroatoms. The lowest BCUT2D eigenvalue weighted by molar-refractivity contribution is 0.0819. The zero-order valence-corrected chi connectivity index (χ0v) is 13.4. The molecular formula is C17H25F2N3O. The molecular weight excluding hydrogens is 300 g/mol. The van der Waals surface area contributed by atoms with Crippen LogP contribution in [0.15, 0.2) is 24.3 Å². The Balaban J connectivity index is 1.46. The maximum Gasteiger partial charge on any atom is 0.272 e. The summed E-state index contributed by atoms with van der Waals surface area (Å²) in [5, 5.41) is 3.40. The van der Waals surface area contributed by atoms with Crippen LogP contribution in [-0.4, -0.2) is 68.1 Å². The van der Waals surface area contributed by atoms with Gasteiger partial charge in [0.25, 0.3) is 6.43 Å². The molecule has 0 spiro atoms. The van der Waals surface area contributed by atoms with E-state index in [4.69, 9.17) is 4.74 Å². The standard InChI is InChI=1S/C17H25F2N3O/c18-17(19)13-23-16-3-1-14(2-4-16)11-21-8-5-15(12-21)22-9-6-20-7-10-22/h1-4,15,17,20H,5-13H2. The van der Waals surface area contributed by atoms with Crippen LogP contribution in [-0.2, 0) is 6.54 Å². The Labute approximate surface area is 136 Å². The summed E-state index contributed by atoms with van der Waals surface area (Å²) in [4.78, 5) is 5.07. The Morgan fingerprint density at radius 1 is 1.13 bits per heavy atom. The summed E-state index contributed by atoms with van der Waals surface area (Å²) in [7, 11) is 0. The van der Waals surface area contributed by atoms with Crippen LogP contribution in [0.25, 0.3) is 0 Å². The minimum atomic E-state index is -2.43. The summed E-state index contributed by atoms with van der Waals surface area (Å²) in [6.45, 7) is 7.09. The van der Waals surface area contributed by atoms with E-state index < -0.39 is 13.0 Å². The van der Waals surface area contributed by atoms with Crippen molar-refractivity contribution in [2.24, 2.45) is 0 Å². The van der Waals surface area contributed by atoms with E-state index in [-0.39, 0.29) is 0 Å². The zero-order valence-electron chi connectivity index (χ0n) is 13.4. The topological polar surface area (TPSA) is 27.7 Å². The van der Waals surface area contributed by atoms with Crippen molar-refractivity contribution in [3.63, 3.8) is 0 Å². The van der Waals surface area contributed by atoms with Gasteiger partial charge in [-0.15, -0.1) is 0 Å². The summed E-state index contributed by atoms with van der Waals surface area (Å²) >= 11 is 0. The van der Waals surface area contributed by atoms with Crippen molar-refractivity contribution in [3.8, 4) is 5.75 Å².